The molecule has 162 valence electrons. The van der Waals surface area contributed by atoms with Crippen LogP contribution in [0.3, 0.4) is 0 Å². The Morgan fingerprint density at radius 1 is 1.13 bits per heavy atom. The molecule has 1 aromatic heterocycles. The number of nitrogens with one attached hydrogen (secondary N) is 2. The SMILES string of the molecule is COc1cc(NC(=O)c2ccccc2F)ccc1-c1nnc(NC2CCC(C)CC2)o1. The number of halogens is 1. The van der Waals surface area contributed by atoms with E-state index in [9.17, 15) is 9.18 Å². The molecule has 0 spiro atoms. The number of ether oxygens (including phenoxy) is 1. The van der Waals surface area contributed by atoms with Crippen molar-refractivity contribution >= 4 is 17.6 Å². The molecule has 1 saturated carbocycles. The van der Waals surface area contributed by atoms with Crippen molar-refractivity contribution in [2.24, 2.45) is 5.92 Å². The Morgan fingerprint density at radius 2 is 1.90 bits per heavy atom. The Balaban J connectivity index is 1.48. The van der Waals surface area contributed by atoms with Gasteiger partial charge in [0.2, 0.25) is 0 Å². The minimum Gasteiger partial charge on any atom is -0.496 e. The number of hydrogen-bond acceptors (Lipinski definition) is 6. The maximum absolute atomic E-state index is 13.8. The number of methoxy groups -OCH3 is 1. The summed E-state index contributed by atoms with van der Waals surface area (Å²) in [6, 6.07) is 11.6. The lowest BCUT2D eigenvalue weighted by atomic mass is 9.87. The summed E-state index contributed by atoms with van der Waals surface area (Å²) >= 11 is 0. The van der Waals surface area contributed by atoms with Gasteiger partial charge < -0.3 is 19.8 Å². The van der Waals surface area contributed by atoms with E-state index in [0.29, 0.717) is 34.9 Å². The topological polar surface area (TPSA) is 89.3 Å². The summed E-state index contributed by atoms with van der Waals surface area (Å²) in [7, 11) is 1.51. The molecule has 31 heavy (non-hydrogen) atoms. The van der Waals surface area contributed by atoms with E-state index in [2.05, 4.69) is 27.8 Å². The number of carbonyl (C=O) groups is 1. The van der Waals surface area contributed by atoms with Gasteiger partial charge in [0.1, 0.15) is 11.6 Å². The van der Waals surface area contributed by atoms with Gasteiger partial charge in [-0.2, -0.15) is 0 Å². The third-order valence-electron chi connectivity index (χ3n) is 5.58. The second kappa shape index (κ2) is 9.16. The summed E-state index contributed by atoms with van der Waals surface area (Å²) in [5, 5.41) is 14.2. The molecule has 0 aliphatic heterocycles. The van der Waals surface area contributed by atoms with Crippen LogP contribution in [0.2, 0.25) is 0 Å². The third-order valence-corrected chi connectivity index (χ3v) is 5.58. The van der Waals surface area contributed by atoms with E-state index in [1.165, 1.54) is 38.2 Å². The normalized spacial score (nSPS) is 18.4. The van der Waals surface area contributed by atoms with Gasteiger partial charge in [0.15, 0.2) is 0 Å². The number of rotatable bonds is 6. The van der Waals surface area contributed by atoms with E-state index in [0.717, 1.165) is 18.8 Å². The molecule has 4 rings (SSSR count). The number of benzene rings is 2. The second-order valence-corrected chi connectivity index (χ2v) is 7.86. The minimum absolute atomic E-state index is 0.0322. The van der Waals surface area contributed by atoms with Crippen molar-refractivity contribution in [1.82, 2.24) is 10.2 Å². The summed E-state index contributed by atoms with van der Waals surface area (Å²) in [6.45, 7) is 2.27. The van der Waals surface area contributed by atoms with Gasteiger partial charge in [0.05, 0.1) is 18.2 Å². The van der Waals surface area contributed by atoms with Crippen LogP contribution in [0.25, 0.3) is 11.5 Å². The average molecular weight is 424 g/mol. The zero-order chi connectivity index (χ0) is 21.8. The molecule has 1 fully saturated rings. The highest BCUT2D eigenvalue weighted by Crippen LogP contribution is 2.33. The summed E-state index contributed by atoms with van der Waals surface area (Å²) < 4.78 is 25.1. The van der Waals surface area contributed by atoms with Crippen molar-refractivity contribution in [3.63, 3.8) is 0 Å². The van der Waals surface area contributed by atoms with E-state index in [1.54, 1.807) is 24.3 Å². The van der Waals surface area contributed by atoms with Gasteiger partial charge in [-0.3, -0.25) is 4.79 Å². The molecule has 7 nitrogen and oxygen atoms in total. The van der Waals surface area contributed by atoms with Crippen LogP contribution in [0.5, 0.6) is 5.75 Å². The van der Waals surface area contributed by atoms with Crippen molar-refractivity contribution in [3.8, 4) is 17.2 Å². The molecule has 2 aromatic carbocycles. The lowest BCUT2D eigenvalue weighted by Gasteiger charge is -2.25. The van der Waals surface area contributed by atoms with Gasteiger partial charge in [-0.1, -0.05) is 24.2 Å². The zero-order valence-electron chi connectivity index (χ0n) is 17.5. The largest absolute Gasteiger partial charge is 0.496 e. The molecule has 0 saturated heterocycles. The zero-order valence-corrected chi connectivity index (χ0v) is 17.5. The lowest BCUT2D eigenvalue weighted by Crippen LogP contribution is -2.25. The minimum atomic E-state index is -0.582. The molecule has 0 radical (unpaired) electrons. The number of hydrogen-bond donors (Lipinski definition) is 2. The molecular formula is C23H25FN4O3. The molecule has 0 unspecified atom stereocenters. The number of aromatic nitrogens is 2. The molecule has 0 bridgehead atoms. The summed E-state index contributed by atoms with van der Waals surface area (Å²) in [6.07, 6.45) is 4.54. The van der Waals surface area contributed by atoms with Gasteiger partial charge in [0.25, 0.3) is 11.8 Å². The van der Waals surface area contributed by atoms with Crippen LogP contribution in [0.4, 0.5) is 16.1 Å². The van der Waals surface area contributed by atoms with Crippen molar-refractivity contribution in [1.29, 1.82) is 0 Å². The van der Waals surface area contributed by atoms with Crippen molar-refractivity contribution in [3.05, 3.63) is 53.8 Å². The van der Waals surface area contributed by atoms with Crippen LogP contribution >= 0.6 is 0 Å². The summed E-state index contributed by atoms with van der Waals surface area (Å²) in [5.41, 5.74) is 1.03. The van der Waals surface area contributed by atoms with Crippen LogP contribution < -0.4 is 15.4 Å². The number of anilines is 2. The van der Waals surface area contributed by atoms with Gasteiger partial charge in [0, 0.05) is 17.8 Å². The van der Waals surface area contributed by atoms with E-state index in [4.69, 9.17) is 9.15 Å². The predicted octanol–water partition coefficient (Wildman–Crippen LogP) is 5.13. The van der Waals surface area contributed by atoms with Crippen LogP contribution in [-0.4, -0.2) is 29.3 Å². The first-order valence-electron chi connectivity index (χ1n) is 10.4. The first-order chi connectivity index (χ1) is 15.0. The fourth-order valence-electron chi connectivity index (χ4n) is 3.76. The second-order valence-electron chi connectivity index (χ2n) is 7.86. The van der Waals surface area contributed by atoms with Crippen LogP contribution in [0, 0.1) is 11.7 Å². The molecule has 1 amide bonds. The maximum atomic E-state index is 13.8. The maximum Gasteiger partial charge on any atom is 0.315 e. The number of nitrogens with zero attached hydrogens (tertiary/aromatic N) is 2. The monoisotopic (exact) mass is 424 g/mol. The lowest BCUT2D eigenvalue weighted by molar-refractivity contribution is 0.102. The Labute approximate surface area is 180 Å². The van der Waals surface area contributed by atoms with Crippen LogP contribution in [0.1, 0.15) is 43.0 Å². The Morgan fingerprint density at radius 3 is 2.65 bits per heavy atom. The molecule has 1 aliphatic carbocycles. The Kier molecular flexibility index (Phi) is 6.16. The first-order valence-corrected chi connectivity index (χ1v) is 10.4. The first kappa shape index (κ1) is 20.8. The quantitative estimate of drug-likeness (QED) is 0.570. The molecule has 8 heteroatoms. The highest BCUT2D eigenvalue weighted by molar-refractivity contribution is 6.04. The number of carbonyl (C=O) groups excluding carboxylic acids is 1. The molecule has 1 heterocycles. The Hall–Kier alpha value is -3.42. The molecule has 0 atom stereocenters. The highest BCUT2D eigenvalue weighted by Gasteiger charge is 2.21. The highest BCUT2D eigenvalue weighted by atomic mass is 19.1. The van der Waals surface area contributed by atoms with Crippen molar-refractivity contribution in [2.75, 3.05) is 17.7 Å². The van der Waals surface area contributed by atoms with E-state index < -0.39 is 11.7 Å². The molecule has 3 aromatic rings. The smallest absolute Gasteiger partial charge is 0.315 e. The molecular weight excluding hydrogens is 399 g/mol. The molecule has 2 N–H and O–H groups in total. The van der Waals surface area contributed by atoms with Crippen molar-refractivity contribution < 1.29 is 18.3 Å². The van der Waals surface area contributed by atoms with Gasteiger partial charge in [-0.25, -0.2) is 4.39 Å². The van der Waals surface area contributed by atoms with E-state index in [-0.39, 0.29) is 5.56 Å². The molecule has 1 aliphatic rings. The van der Waals surface area contributed by atoms with Gasteiger partial charge >= 0.3 is 6.01 Å². The summed E-state index contributed by atoms with van der Waals surface area (Å²) in [4.78, 5) is 12.4. The van der Waals surface area contributed by atoms with Crippen LogP contribution in [-0.2, 0) is 0 Å². The Bertz CT molecular complexity index is 1060. The fourth-order valence-corrected chi connectivity index (χ4v) is 3.76. The fraction of sp³-hybridized carbons (Fsp3) is 0.348. The third kappa shape index (κ3) is 4.84. The van der Waals surface area contributed by atoms with E-state index in [1.807, 2.05) is 0 Å². The van der Waals surface area contributed by atoms with Gasteiger partial charge in [-0.15, -0.1) is 5.10 Å². The van der Waals surface area contributed by atoms with E-state index >= 15 is 0 Å². The number of amides is 1. The predicted molar refractivity (Wildman–Crippen MR) is 116 cm³/mol. The summed E-state index contributed by atoms with van der Waals surface area (Å²) in [5.74, 6) is 0.405. The van der Waals surface area contributed by atoms with Crippen molar-refractivity contribution in [2.45, 2.75) is 38.6 Å². The standard InChI is InChI=1S/C23H25FN4O3/c1-14-7-9-15(10-8-14)26-23-28-27-22(31-23)18-12-11-16(13-20(18)30-2)25-21(29)17-5-3-4-6-19(17)24/h3-6,11-15H,7-10H2,1-2H3,(H,25,29)(H,26,28). The average Bonchev–Trinajstić information content (AvgIpc) is 3.23. The van der Waals surface area contributed by atoms with Gasteiger partial charge in [-0.05, 0) is 55.9 Å². The van der Waals surface area contributed by atoms with Crippen LogP contribution in [0.15, 0.2) is 46.9 Å².